The van der Waals surface area contributed by atoms with Crippen molar-refractivity contribution in [3.8, 4) is 0 Å². The Kier molecular flexibility index (Phi) is 7.41. The third kappa shape index (κ3) is 4.97. The summed E-state index contributed by atoms with van der Waals surface area (Å²) in [6.45, 7) is 1.88. The first-order chi connectivity index (χ1) is 14.6. The standard InChI is InChI=1S/C25H21IO4/c1-2-29-24(28)25(20-13-7-4-8-14-20,18-17-19-11-5-3-6-12-19)30-23(27)21-15-9-10-16-22(21)26/h3-18H,2H2,1H3/b18-17+. The van der Waals surface area contributed by atoms with Crippen molar-refractivity contribution in [2.75, 3.05) is 6.61 Å². The SMILES string of the molecule is CCOC(=O)C(/C=C/c1ccccc1)(OC(=O)c1ccccc1I)c1ccccc1. The number of hydrogen-bond acceptors (Lipinski definition) is 4. The highest BCUT2D eigenvalue weighted by Crippen LogP contribution is 2.32. The highest BCUT2D eigenvalue weighted by Gasteiger charge is 2.44. The normalized spacial score (nSPS) is 12.9. The van der Waals surface area contributed by atoms with E-state index in [1.54, 1.807) is 55.5 Å². The van der Waals surface area contributed by atoms with Crippen molar-refractivity contribution in [3.63, 3.8) is 0 Å². The quantitative estimate of drug-likeness (QED) is 0.305. The molecule has 0 aliphatic carbocycles. The average Bonchev–Trinajstić information content (AvgIpc) is 2.78. The molecule has 152 valence electrons. The Balaban J connectivity index is 2.12. The summed E-state index contributed by atoms with van der Waals surface area (Å²) in [7, 11) is 0. The van der Waals surface area contributed by atoms with Crippen LogP contribution in [0, 0.1) is 3.57 Å². The van der Waals surface area contributed by atoms with Crippen molar-refractivity contribution >= 4 is 40.6 Å². The smallest absolute Gasteiger partial charge is 0.359 e. The van der Waals surface area contributed by atoms with Crippen LogP contribution in [0.4, 0.5) is 0 Å². The molecule has 30 heavy (non-hydrogen) atoms. The maximum atomic E-state index is 13.2. The number of halogens is 1. The zero-order valence-corrected chi connectivity index (χ0v) is 18.6. The topological polar surface area (TPSA) is 52.6 Å². The van der Waals surface area contributed by atoms with Gasteiger partial charge in [-0.1, -0.05) is 78.9 Å². The Morgan fingerprint density at radius 1 is 0.900 bits per heavy atom. The summed E-state index contributed by atoms with van der Waals surface area (Å²) in [6, 6.07) is 25.5. The van der Waals surface area contributed by atoms with Gasteiger partial charge in [-0.25, -0.2) is 9.59 Å². The maximum absolute atomic E-state index is 13.2. The largest absolute Gasteiger partial charge is 0.463 e. The zero-order valence-electron chi connectivity index (χ0n) is 16.5. The molecular weight excluding hydrogens is 491 g/mol. The molecule has 0 saturated heterocycles. The molecule has 1 atom stereocenters. The molecule has 0 bridgehead atoms. The number of ether oxygens (including phenoxy) is 2. The van der Waals surface area contributed by atoms with Crippen molar-refractivity contribution in [1.82, 2.24) is 0 Å². The molecule has 4 nitrogen and oxygen atoms in total. The molecule has 1 unspecified atom stereocenters. The lowest BCUT2D eigenvalue weighted by Crippen LogP contribution is -2.40. The van der Waals surface area contributed by atoms with Crippen molar-refractivity contribution in [3.05, 3.63) is 111 Å². The van der Waals surface area contributed by atoms with Gasteiger partial charge in [0.2, 0.25) is 0 Å². The van der Waals surface area contributed by atoms with E-state index in [1.165, 1.54) is 0 Å². The van der Waals surface area contributed by atoms with E-state index in [1.807, 2.05) is 48.5 Å². The minimum atomic E-state index is -1.72. The summed E-state index contributed by atoms with van der Waals surface area (Å²) >= 11 is 2.07. The number of rotatable bonds is 7. The molecule has 5 heteroatoms. The Bertz CT molecular complexity index is 1030. The minimum absolute atomic E-state index is 0.160. The summed E-state index contributed by atoms with van der Waals surface area (Å²) in [4.78, 5) is 26.3. The summed E-state index contributed by atoms with van der Waals surface area (Å²) in [5.74, 6) is -1.25. The highest BCUT2D eigenvalue weighted by molar-refractivity contribution is 14.1. The Morgan fingerprint density at radius 3 is 2.13 bits per heavy atom. The fourth-order valence-corrected chi connectivity index (χ4v) is 3.55. The first-order valence-corrected chi connectivity index (χ1v) is 10.6. The number of carbonyl (C=O) groups is 2. The van der Waals surface area contributed by atoms with Gasteiger partial charge in [0.15, 0.2) is 0 Å². The molecule has 0 spiro atoms. The molecule has 3 aromatic carbocycles. The van der Waals surface area contributed by atoms with E-state index in [0.717, 1.165) is 9.13 Å². The zero-order chi connectivity index (χ0) is 21.4. The Hall–Kier alpha value is -2.93. The molecule has 0 radical (unpaired) electrons. The van der Waals surface area contributed by atoms with Gasteiger partial charge in [0.25, 0.3) is 5.60 Å². The predicted octanol–water partition coefficient (Wildman–Crippen LogP) is 5.62. The second-order valence-electron chi connectivity index (χ2n) is 6.44. The van der Waals surface area contributed by atoms with Crippen LogP contribution in [0.5, 0.6) is 0 Å². The van der Waals surface area contributed by atoms with E-state index in [4.69, 9.17) is 9.47 Å². The van der Waals surface area contributed by atoms with Crippen LogP contribution in [0.1, 0.15) is 28.4 Å². The van der Waals surface area contributed by atoms with Gasteiger partial charge in [0, 0.05) is 9.13 Å². The molecule has 0 aliphatic heterocycles. The van der Waals surface area contributed by atoms with E-state index < -0.39 is 17.5 Å². The van der Waals surface area contributed by atoms with Gasteiger partial charge in [-0.2, -0.15) is 0 Å². The van der Waals surface area contributed by atoms with Crippen molar-refractivity contribution < 1.29 is 19.1 Å². The van der Waals surface area contributed by atoms with E-state index in [9.17, 15) is 9.59 Å². The second kappa shape index (κ2) is 10.2. The number of hydrogen-bond donors (Lipinski definition) is 0. The minimum Gasteiger partial charge on any atom is -0.463 e. The molecule has 0 heterocycles. The molecule has 0 aliphatic rings. The van der Waals surface area contributed by atoms with Crippen LogP contribution in [0.2, 0.25) is 0 Å². The molecule has 0 aromatic heterocycles. The number of benzene rings is 3. The van der Waals surface area contributed by atoms with Crippen LogP contribution in [-0.2, 0) is 19.9 Å². The molecule has 0 saturated carbocycles. The van der Waals surface area contributed by atoms with Crippen LogP contribution < -0.4 is 0 Å². The van der Waals surface area contributed by atoms with Crippen LogP contribution in [0.15, 0.2) is 91.0 Å². The Morgan fingerprint density at radius 2 is 1.50 bits per heavy atom. The summed E-state index contributed by atoms with van der Waals surface area (Å²) < 4.78 is 12.0. The fourth-order valence-electron chi connectivity index (χ4n) is 2.95. The van der Waals surface area contributed by atoms with Crippen molar-refractivity contribution in [1.29, 1.82) is 0 Å². The molecule has 0 N–H and O–H groups in total. The lowest BCUT2D eigenvalue weighted by Gasteiger charge is -2.29. The average molecular weight is 512 g/mol. The molecule has 3 rings (SSSR count). The third-order valence-corrected chi connectivity index (χ3v) is 5.38. The van der Waals surface area contributed by atoms with Gasteiger partial charge in [0.05, 0.1) is 12.2 Å². The maximum Gasteiger partial charge on any atom is 0.359 e. The van der Waals surface area contributed by atoms with Gasteiger partial charge in [-0.15, -0.1) is 0 Å². The molecule has 0 amide bonds. The van der Waals surface area contributed by atoms with E-state index in [-0.39, 0.29) is 6.61 Å². The Labute approximate surface area is 189 Å². The first kappa shape index (κ1) is 21.8. The number of esters is 2. The monoisotopic (exact) mass is 512 g/mol. The van der Waals surface area contributed by atoms with Crippen molar-refractivity contribution in [2.45, 2.75) is 12.5 Å². The van der Waals surface area contributed by atoms with Crippen LogP contribution in [0.25, 0.3) is 6.08 Å². The summed E-state index contributed by atoms with van der Waals surface area (Å²) in [5.41, 5.74) is 0.0431. The van der Waals surface area contributed by atoms with Crippen LogP contribution >= 0.6 is 22.6 Å². The lowest BCUT2D eigenvalue weighted by molar-refractivity contribution is -0.161. The van der Waals surface area contributed by atoms with Crippen LogP contribution in [0.3, 0.4) is 0 Å². The van der Waals surface area contributed by atoms with E-state index in [2.05, 4.69) is 22.6 Å². The first-order valence-electron chi connectivity index (χ1n) is 9.51. The van der Waals surface area contributed by atoms with Gasteiger partial charge < -0.3 is 9.47 Å². The summed E-state index contributed by atoms with van der Waals surface area (Å²) in [6.07, 6.45) is 3.34. The van der Waals surface area contributed by atoms with Gasteiger partial charge in [-0.3, -0.25) is 0 Å². The van der Waals surface area contributed by atoms with Crippen molar-refractivity contribution in [2.24, 2.45) is 0 Å². The van der Waals surface area contributed by atoms with E-state index in [0.29, 0.717) is 11.1 Å². The van der Waals surface area contributed by atoms with Gasteiger partial charge in [-0.05, 0) is 53.3 Å². The molecular formula is C25H21IO4. The van der Waals surface area contributed by atoms with Gasteiger partial charge in [0.1, 0.15) is 0 Å². The second-order valence-corrected chi connectivity index (χ2v) is 7.60. The summed E-state index contributed by atoms with van der Waals surface area (Å²) in [5, 5.41) is 0. The third-order valence-electron chi connectivity index (χ3n) is 4.44. The highest BCUT2D eigenvalue weighted by atomic mass is 127. The predicted molar refractivity (Wildman–Crippen MR) is 125 cm³/mol. The lowest BCUT2D eigenvalue weighted by atomic mass is 9.92. The van der Waals surface area contributed by atoms with Crippen LogP contribution in [-0.4, -0.2) is 18.5 Å². The fraction of sp³-hybridized carbons (Fsp3) is 0.120. The number of carbonyl (C=O) groups excluding carboxylic acids is 2. The van der Waals surface area contributed by atoms with E-state index >= 15 is 0 Å². The molecule has 3 aromatic rings. The molecule has 0 fully saturated rings. The van der Waals surface area contributed by atoms with Gasteiger partial charge >= 0.3 is 11.9 Å².